The summed E-state index contributed by atoms with van der Waals surface area (Å²) in [4.78, 5) is 0.158. The highest BCUT2D eigenvalue weighted by atomic mass is 32.2. The van der Waals surface area contributed by atoms with Crippen LogP contribution in [0.25, 0.3) is 0 Å². The largest absolute Gasteiger partial charge is 0.284 e. The first-order valence-corrected chi connectivity index (χ1v) is 6.92. The van der Waals surface area contributed by atoms with Gasteiger partial charge in [0, 0.05) is 13.2 Å². The van der Waals surface area contributed by atoms with Crippen LogP contribution in [0.15, 0.2) is 35.5 Å². The van der Waals surface area contributed by atoms with Crippen LogP contribution in [0.4, 0.5) is 5.69 Å². The van der Waals surface area contributed by atoms with Crippen LogP contribution in [0.5, 0.6) is 0 Å². The first kappa shape index (κ1) is 12.6. The molecule has 0 fully saturated rings. The molecule has 1 aromatic carbocycles. The van der Waals surface area contributed by atoms with Crippen molar-refractivity contribution in [2.24, 2.45) is 0 Å². The van der Waals surface area contributed by atoms with Gasteiger partial charge < -0.3 is 0 Å². The molecule has 0 aliphatic carbocycles. The van der Waals surface area contributed by atoms with Crippen molar-refractivity contribution in [2.45, 2.75) is 18.7 Å². The minimum atomic E-state index is -3.55. The summed E-state index contributed by atoms with van der Waals surface area (Å²) in [6.45, 7) is 3.86. The van der Waals surface area contributed by atoms with Crippen molar-refractivity contribution in [2.75, 3.05) is 11.4 Å². The Balaban J connectivity index is 2.50. The topological polar surface area (TPSA) is 66.1 Å². The number of anilines is 1. The number of aryl methyl sites for hydroxylation is 1. The number of nitrogens with one attached hydrogen (secondary N) is 1. The molecule has 0 amide bonds. The second-order valence-corrected chi connectivity index (χ2v) is 6.09. The van der Waals surface area contributed by atoms with Crippen molar-refractivity contribution >= 4 is 15.7 Å². The van der Waals surface area contributed by atoms with E-state index in [1.165, 1.54) is 16.7 Å². The van der Waals surface area contributed by atoms with Crippen LogP contribution in [0.1, 0.15) is 11.1 Å². The van der Waals surface area contributed by atoms with E-state index in [0.29, 0.717) is 5.69 Å². The van der Waals surface area contributed by atoms with Crippen molar-refractivity contribution in [3.05, 3.63) is 41.7 Å². The summed E-state index contributed by atoms with van der Waals surface area (Å²) >= 11 is 0. The number of hydrogen-bond acceptors (Lipinski definition) is 3. The minimum absolute atomic E-state index is 0.158. The van der Waals surface area contributed by atoms with Crippen LogP contribution in [0, 0.1) is 13.8 Å². The van der Waals surface area contributed by atoms with Crippen LogP contribution in [0.3, 0.4) is 0 Å². The molecule has 1 heterocycles. The van der Waals surface area contributed by atoms with Crippen LogP contribution in [-0.4, -0.2) is 25.7 Å². The van der Waals surface area contributed by atoms with E-state index in [1.807, 2.05) is 26.0 Å². The van der Waals surface area contributed by atoms with E-state index in [-0.39, 0.29) is 4.90 Å². The zero-order chi connectivity index (χ0) is 13.3. The lowest BCUT2D eigenvalue weighted by Crippen LogP contribution is -2.27. The van der Waals surface area contributed by atoms with E-state index in [9.17, 15) is 8.42 Å². The molecule has 5 nitrogen and oxygen atoms in total. The smallest absolute Gasteiger partial charge is 0.267 e. The van der Waals surface area contributed by atoms with Gasteiger partial charge in [0.2, 0.25) is 0 Å². The fourth-order valence-electron chi connectivity index (χ4n) is 1.74. The Kier molecular flexibility index (Phi) is 3.13. The van der Waals surface area contributed by atoms with Gasteiger partial charge in [0.15, 0.2) is 0 Å². The maximum Gasteiger partial charge on any atom is 0.267 e. The first-order chi connectivity index (χ1) is 8.44. The molecule has 0 spiro atoms. The SMILES string of the molecule is Cc1cccc(N(C)S(=O)(=O)c2cn[nH]c2)c1C. The molecule has 0 saturated heterocycles. The van der Waals surface area contributed by atoms with Gasteiger partial charge in [0.05, 0.1) is 11.9 Å². The fraction of sp³-hybridized carbons (Fsp3) is 0.250. The lowest BCUT2D eigenvalue weighted by molar-refractivity contribution is 0.594. The third kappa shape index (κ3) is 1.99. The number of sulfonamides is 1. The van der Waals surface area contributed by atoms with Gasteiger partial charge in [-0.15, -0.1) is 0 Å². The predicted molar refractivity (Wildman–Crippen MR) is 70.1 cm³/mol. The van der Waals surface area contributed by atoms with E-state index < -0.39 is 10.0 Å². The van der Waals surface area contributed by atoms with Crippen molar-refractivity contribution in [3.63, 3.8) is 0 Å². The van der Waals surface area contributed by atoms with Gasteiger partial charge in [-0.3, -0.25) is 9.40 Å². The summed E-state index contributed by atoms with van der Waals surface area (Å²) < 4.78 is 25.9. The van der Waals surface area contributed by atoms with E-state index in [0.717, 1.165) is 11.1 Å². The second kappa shape index (κ2) is 4.45. The van der Waals surface area contributed by atoms with Crippen molar-refractivity contribution in [1.82, 2.24) is 10.2 Å². The number of hydrogen-bond donors (Lipinski definition) is 1. The highest BCUT2D eigenvalue weighted by molar-refractivity contribution is 7.92. The second-order valence-electron chi connectivity index (χ2n) is 4.13. The molecule has 1 N–H and O–H groups in total. The monoisotopic (exact) mass is 265 g/mol. The lowest BCUT2D eigenvalue weighted by Gasteiger charge is -2.21. The zero-order valence-corrected chi connectivity index (χ0v) is 11.3. The lowest BCUT2D eigenvalue weighted by atomic mass is 10.1. The molecule has 1 aromatic heterocycles. The highest BCUT2D eigenvalue weighted by Gasteiger charge is 2.23. The molecule has 0 unspecified atom stereocenters. The summed E-state index contributed by atoms with van der Waals surface area (Å²) in [5.74, 6) is 0. The number of H-pyrrole nitrogens is 1. The molecule has 6 heteroatoms. The highest BCUT2D eigenvalue weighted by Crippen LogP contribution is 2.26. The average Bonchev–Trinajstić information content (AvgIpc) is 2.86. The van der Waals surface area contributed by atoms with Crippen molar-refractivity contribution < 1.29 is 8.42 Å². The molecule has 0 bridgehead atoms. The number of aromatic amines is 1. The fourth-order valence-corrected chi connectivity index (χ4v) is 2.90. The average molecular weight is 265 g/mol. The Bertz CT molecular complexity index is 648. The molecule has 2 rings (SSSR count). The van der Waals surface area contributed by atoms with Gasteiger partial charge in [0.1, 0.15) is 4.90 Å². The molecular formula is C12H15N3O2S. The molecule has 0 aliphatic heterocycles. The summed E-state index contributed by atoms with van der Waals surface area (Å²) in [7, 11) is -2.00. The third-order valence-electron chi connectivity index (χ3n) is 3.05. The van der Waals surface area contributed by atoms with Crippen molar-refractivity contribution in [1.29, 1.82) is 0 Å². The van der Waals surface area contributed by atoms with Gasteiger partial charge in [-0.2, -0.15) is 5.10 Å². The van der Waals surface area contributed by atoms with Crippen molar-refractivity contribution in [3.8, 4) is 0 Å². The van der Waals surface area contributed by atoms with Gasteiger partial charge in [-0.25, -0.2) is 8.42 Å². The number of rotatable bonds is 3. The Morgan fingerprint density at radius 2 is 2.00 bits per heavy atom. The Labute approximate surface area is 107 Å². The molecule has 2 aromatic rings. The molecule has 0 saturated carbocycles. The third-order valence-corrected chi connectivity index (χ3v) is 4.78. The summed E-state index contributed by atoms with van der Waals surface area (Å²) in [6.07, 6.45) is 2.67. The maximum atomic E-state index is 12.3. The van der Waals surface area contributed by atoms with E-state index >= 15 is 0 Å². The van der Waals surface area contributed by atoms with Crippen LogP contribution >= 0.6 is 0 Å². The van der Waals surface area contributed by atoms with E-state index in [4.69, 9.17) is 0 Å². The van der Waals surface area contributed by atoms with Gasteiger partial charge >= 0.3 is 0 Å². The van der Waals surface area contributed by atoms with Crippen LogP contribution in [0.2, 0.25) is 0 Å². The zero-order valence-electron chi connectivity index (χ0n) is 10.5. The van der Waals surface area contributed by atoms with Gasteiger partial charge in [-0.1, -0.05) is 12.1 Å². The summed E-state index contributed by atoms with van der Waals surface area (Å²) in [5.41, 5.74) is 2.69. The van der Waals surface area contributed by atoms with Crippen LogP contribution < -0.4 is 4.31 Å². The molecular weight excluding hydrogens is 250 g/mol. The van der Waals surface area contributed by atoms with Gasteiger partial charge in [-0.05, 0) is 31.0 Å². The number of benzene rings is 1. The molecule has 0 radical (unpaired) electrons. The standard InChI is InChI=1S/C12H15N3O2S/c1-9-5-4-6-12(10(9)2)15(3)18(16,17)11-7-13-14-8-11/h4-8H,1-3H3,(H,13,14). The molecule has 0 aliphatic rings. The Morgan fingerprint density at radius 1 is 1.28 bits per heavy atom. The quantitative estimate of drug-likeness (QED) is 0.921. The number of aromatic nitrogens is 2. The molecule has 18 heavy (non-hydrogen) atoms. The first-order valence-electron chi connectivity index (χ1n) is 5.48. The summed E-state index contributed by atoms with van der Waals surface area (Å²) in [5, 5.41) is 6.19. The summed E-state index contributed by atoms with van der Waals surface area (Å²) in [6, 6.07) is 5.59. The van der Waals surface area contributed by atoms with E-state index in [2.05, 4.69) is 10.2 Å². The van der Waals surface area contributed by atoms with E-state index in [1.54, 1.807) is 13.1 Å². The molecule has 0 atom stereocenters. The molecule has 96 valence electrons. The Morgan fingerprint density at radius 3 is 2.61 bits per heavy atom. The predicted octanol–water partition coefficient (Wildman–Crippen LogP) is 1.85. The van der Waals surface area contributed by atoms with Crippen LogP contribution in [-0.2, 0) is 10.0 Å². The normalized spacial score (nSPS) is 11.5. The maximum absolute atomic E-state index is 12.3. The minimum Gasteiger partial charge on any atom is -0.284 e. The number of nitrogens with zero attached hydrogens (tertiary/aromatic N) is 2. The Hall–Kier alpha value is -1.82. The van der Waals surface area contributed by atoms with Gasteiger partial charge in [0.25, 0.3) is 10.0 Å².